The van der Waals surface area contributed by atoms with E-state index in [1.807, 2.05) is 12.1 Å². The molecular weight excluding hydrogens is 342 g/mol. The highest BCUT2D eigenvalue weighted by atomic mass is 16.5. The summed E-state index contributed by atoms with van der Waals surface area (Å²) in [5.41, 5.74) is 1.57. The van der Waals surface area contributed by atoms with Crippen molar-refractivity contribution in [3.8, 4) is 5.75 Å². The Kier molecular flexibility index (Phi) is 6.41. The van der Waals surface area contributed by atoms with E-state index in [4.69, 9.17) is 4.74 Å². The minimum atomic E-state index is -0.211. The Morgan fingerprint density at radius 3 is 2.74 bits per heavy atom. The molecule has 27 heavy (non-hydrogen) atoms. The van der Waals surface area contributed by atoms with E-state index in [1.54, 1.807) is 30.5 Å². The lowest BCUT2D eigenvalue weighted by molar-refractivity contribution is -0.123. The van der Waals surface area contributed by atoms with Crippen LogP contribution in [0.3, 0.4) is 0 Å². The number of carbonyl (C=O) groups is 2. The molecule has 6 heteroatoms. The van der Waals surface area contributed by atoms with Gasteiger partial charge < -0.3 is 15.0 Å². The molecule has 0 aliphatic carbocycles. The van der Waals surface area contributed by atoms with E-state index in [2.05, 4.69) is 15.2 Å². The average Bonchev–Trinajstić information content (AvgIpc) is 2.72. The SMILES string of the molecule is CC(=O)c1cccc(OCC(=O)NCc2cccnc2N2CCCCC2)c1. The van der Waals surface area contributed by atoms with Crippen molar-refractivity contribution in [3.63, 3.8) is 0 Å². The fourth-order valence-corrected chi connectivity index (χ4v) is 3.16. The highest BCUT2D eigenvalue weighted by molar-refractivity contribution is 5.94. The zero-order valence-corrected chi connectivity index (χ0v) is 15.6. The number of ether oxygens (including phenoxy) is 1. The summed E-state index contributed by atoms with van der Waals surface area (Å²) in [4.78, 5) is 30.4. The van der Waals surface area contributed by atoms with Gasteiger partial charge in [-0.2, -0.15) is 0 Å². The van der Waals surface area contributed by atoms with Gasteiger partial charge in [-0.25, -0.2) is 4.98 Å². The first-order valence-corrected chi connectivity index (χ1v) is 9.33. The van der Waals surface area contributed by atoms with Gasteiger partial charge in [0.15, 0.2) is 12.4 Å². The van der Waals surface area contributed by atoms with Gasteiger partial charge in [0.05, 0.1) is 0 Å². The zero-order valence-electron chi connectivity index (χ0n) is 15.6. The normalized spacial score (nSPS) is 13.9. The predicted octanol–water partition coefficient (Wildman–Crippen LogP) is 2.97. The molecule has 0 atom stereocenters. The fourth-order valence-electron chi connectivity index (χ4n) is 3.16. The Labute approximate surface area is 159 Å². The van der Waals surface area contributed by atoms with Crippen LogP contribution in [0.25, 0.3) is 0 Å². The molecule has 1 aliphatic heterocycles. The summed E-state index contributed by atoms with van der Waals surface area (Å²) in [5, 5.41) is 2.89. The van der Waals surface area contributed by atoms with E-state index in [0.717, 1.165) is 24.5 Å². The number of Topliss-reactive ketones (excluding diaryl/α,β-unsaturated/α-hetero) is 1. The predicted molar refractivity (Wildman–Crippen MR) is 104 cm³/mol. The summed E-state index contributed by atoms with van der Waals surface area (Å²) in [6, 6.07) is 10.7. The first kappa shape index (κ1) is 18.9. The van der Waals surface area contributed by atoms with Crippen LogP contribution < -0.4 is 15.0 Å². The molecule has 2 aromatic rings. The molecule has 1 aromatic heterocycles. The van der Waals surface area contributed by atoms with Crippen molar-refractivity contribution in [3.05, 3.63) is 53.7 Å². The Morgan fingerprint density at radius 1 is 1.15 bits per heavy atom. The number of carbonyl (C=O) groups excluding carboxylic acids is 2. The van der Waals surface area contributed by atoms with Gasteiger partial charge in [-0.3, -0.25) is 9.59 Å². The maximum absolute atomic E-state index is 12.2. The van der Waals surface area contributed by atoms with E-state index in [0.29, 0.717) is 17.9 Å². The summed E-state index contributed by atoms with van der Waals surface area (Å²) in [6.07, 6.45) is 5.41. The molecule has 0 unspecified atom stereocenters. The molecule has 6 nitrogen and oxygen atoms in total. The van der Waals surface area contributed by atoms with Crippen LogP contribution in [0.1, 0.15) is 42.1 Å². The molecule has 0 bridgehead atoms. The van der Waals surface area contributed by atoms with Gasteiger partial charge in [-0.1, -0.05) is 18.2 Å². The second-order valence-electron chi connectivity index (χ2n) is 6.68. The second kappa shape index (κ2) is 9.16. The third kappa shape index (κ3) is 5.29. The monoisotopic (exact) mass is 367 g/mol. The summed E-state index contributed by atoms with van der Waals surface area (Å²) < 4.78 is 5.50. The summed E-state index contributed by atoms with van der Waals surface area (Å²) in [5.74, 6) is 1.21. The summed E-state index contributed by atoms with van der Waals surface area (Å²) >= 11 is 0. The highest BCUT2D eigenvalue weighted by Gasteiger charge is 2.16. The number of nitrogens with one attached hydrogen (secondary N) is 1. The van der Waals surface area contributed by atoms with Gasteiger partial charge in [0, 0.05) is 37.0 Å². The van der Waals surface area contributed by atoms with Crippen LogP contribution in [0.5, 0.6) is 5.75 Å². The van der Waals surface area contributed by atoms with Gasteiger partial charge in [-0.05, 0) is 44.4 Å². The molecule has 2 heterocycles. The van der Waals surface area contributed by atoms with Crippen molar-refractivity contribution in [1.29, 1.82) is 0 Å². The van der Waals surface area contributed by atoms with Crippen molar-refractivity contribution in [2.45, 2.75) is 32.7 Å². The van der Waals surface area contributed by atoms with Crippen LogP contribution in [-0.2, 0) is 11.3 Å². The lowest BCUT2D eigenvalue weighted by Crippen LogP contribution is -2.33. The van der Waals surface area contributed by atoms with Crippen molar-refractivity contribution in [1.82, 2.24) is 10.3 Å². The van der Waals surface area contributed by atoms with E-state index in [1.165, 1.54) is 26.2 Å². The van der Waals surface area contributed by atoms with Crippen molar-refractivity contribution < 1.29 is 14.3 Å². The van der Waals surface area contributed by atoms with Crippen molar-refractivity contribution >= 4 is 17.5 Å². The Morgan fingerprint density at radius 2 is 1.96 bits per heavy atom. The minimum absolute atomic E-state index is 0.0354. The Balaban J connectivity index is 1.54. The first-order valence-electron chi connectivity index (χ1n) is 9.33. The number of hydrogen-bond acceptors (Lipinski definition) is 5. The number of aromatic nitrogens is 1. The molecule has 0 radical (unpaired) electrons. The van der Waals surface area contributed by atoms with Crippen LogP contribution in [0.2, 0.25) is 0 Å². The zero-order chi connectivity index (χ0) is 19.1. The maximum atomic E-state index is 12.2. The molecule has 0 spiro atoms. The number of rotatable bonds is 7. The molecular formula is C21H25N3O3. The Hall–Kier alpha value is -2.89. The van der Waals surface area contributed by atoms with Crippen LogP contribution >= 0.6 is 0 Å². The molecule has 1 aromatic carbocycles. The van der Waals surface area contributed by atoms with Crippen LogP contribution in [0.4, 0.5) is 5.82 Å². The summed E-state index contributed by atoms with van der Waals surface area (Å²) in [6.45, 7) is 3.83. The number of benzene rings is 1. The third-order valence-electron chi connectivity index (χ3n) is 4.61. The minimum Gasteiger partial charge on any atom is -0.484 e. The largest absolute Gasteiger partial charge is 0.484 e. The van der Waals surface area contributed by atoms with E-state index in [-0.39, 0.29) is 18.3 Å². The molecule has 142 valence electrons. The van der Waals surface area contributed by atoms with Gasteiger partial charge in [0.1, 0.15) is 11.6 Å². The number of pyridine rings is 1. The Bertz CT molecular complexity index is 801. The lowest BCUT2D eigenvalue weighted by Gasteiger charge is -2.29. The van der Waals surface area contributed by atoms with E-state index >= 15 is 0 Å². The molecule has 1 saturated heterocycles. The van der Waals surface area contributed by atoms with Crippen LogP contribution in [0.15, 0.2) is 42.6 Å². The number of anilines is 1. The number of ketones is 1. The van der Waals surface area contributed by atoms with Gasteiger partial charge in [-0.15, -0.1) is 0 Å². The molecule has 1 fully saturated rings. The van der Waals surface area contributed by atoms with Gasteiger partial charge >= 0.3 is 0 Å². The molecule has 3 rings (SSSR count). The quantitative estimate of drug-likeness (QED) is 0.762. The number of piperidine rings is 1. The van der Waals surface area contributed by atoms with E-state index in [9.17, 15) is 9.59 Å². The topological polar surface area (TPSA) is 71.5 Å². The maximum Gasteiger partial charge on any atom is 0.258 e. The third-order valence-corrected chi connectivity index (χ3v) is 4.61. The van der Waals surface area contributed by atoms with Gasteiger partial charge in [0.25, 0.3) is 5.91 Å². The molecule has 1 aliphatic rings. The summed E-state index contributed by atoms with van der Waals surface area (Å²) in [7, 11) is 0. The second-order valence-corrected chi connectivity index (χ2v) is 6.68. The highest BCUT2D eigenvalue weighted by Crippen LogP contribution is 2.21. The molecule has 0 saturated carbocycles. The average molecular weight is 367 g/mol. The van der Waals surface area contributed by atoms with Crippen molar-refractivity contribution in [2.75, 3.05) is 24.6 Å². The number of hydrogen-bond donors (Lipinski definition) is 1. The lowest BCUT2D eigenvalue weighted by atomic mass is 10.1. The molecule has 1 amide bonds. The van der Waals surface area contributed by atoms with Crippen LogP contribution in [-0.4, -0.2) is 36.4 Å². The van der Waals surface area contributed by atoms with Crippen molar-refractivity contribution in [2.24, 2.45) is 0 Å². The fraction of sp³-hybridized carbons (Fsp3) is 0.381. The number of nitrogens with zero attached hydrogens (tertiary/aromatic N) is 2. The molecule has 1 N–H and O–H groups in total. The van der Waals surface area contributed by atoms with E-state index < -0.39 is 0 Å². The van der Waals surface area contributed by atoms with Gasteiger partial charge in [0.2, 0.25) is 0 Å². The standard InChI is InChI=1S/C21H25N3O3/c1-16(25)17-7-5-9-19(13-17)27-15-20(26)23-14-18-8-6-10-22-21(18)24-11-3-2-4-12-24/h5-10,13H,2-4,11-12,14-15H2,1H3,(H,23,26). The smallest absolute Gasteiger partial charge is 0.258 e. The first-order chi connectivity index (χ1) is 13.1. The van der Waals surface area contributed by atoms with Crippen LogP contribution in [0, 0.1) is 0 Å². The number of amides is 1.